The normalized spacial score (nSPS) is 24.0. The summed E-state index contributed by atoms with van der Waals surface area (Å²) in [7, 11) is 0. The molecule has 1 saturated carbocycles. The van der Waals surface area contributed by atoms with Crippen LogP contribution in [0.5, 0.6) is 0 Å². The van der Waals surface area contributed by atoms with Crippen molar-refractivity contribution in [2.75, 3.05) is 13.1 Å². The molecule has 2 aliphatic carbocycles. The maximum Gasteiger partial charge on any atom is 0.248 e. The van der Waals surface area contributed by atoms with Gasteiger partial charge in [0.05, 0.1) is 11.5 Å². The SMILES string of the molecule is C=C(N)c1ccc2c(c1)CCc1cc(C(N)=O)ccc1C2(CCNCC(=C)N1C(C#N)C[C@H]2CC21)c1n[nH]c(C)n1. The largest absolute Gasteiger partial charge is 0.399 e. The first-order valence-corrected chi connectivity index (χ1v) is 14.2. The smallest absolute Gasteiger partial charge is 0.248 e. The molecule has 41 heavy (non-hydrogen) atoms. The molecular weight excluding hydrogens is 512 g/mol. The molecule has 1 aromatic heterocycles. The summed E-state index contributed by atoms with van der Waals surface area (Å²) < 4.78 is 0. The van der Waals surface area contributed by atoms with E-state index in [0.29, 0.717) is 48.6 Å². The van der Waals surface area contributed by atoms with Crippen LogP contribution in [-0.4, -0.2) is 51.2 Å². The molecule has 1 amide bonds. The number of fused-ring (bicyclic) bond motifs is 3. The average molecular weight is 549 g/mol. The van der Waals surface area contributed by atoms with E-state index in [1.54, 1.807) is 6.07 Å². The predicted octanol–water partition coefficient (Wildman–Crippen LogP) is 3.05. The van der Waals surface area contributed by atoms with Gasteiger partial charge in [-0.1, -0.05) is 31.4 Å². The number of rotatable bonds is 9. The van der Waals surface area contributed by atoms with Crippen LogP contribution in [0.15, 0.2) is 55.3 Å². The van der Waals surface area contributed by atoms with Crippen LogP contribution in [0.1, 0.15) is 69.1 Å². The van der Waals surface area contributed by atoms with Crippen molar-refractivity contribution in [3.63, 3.8) is 0 Å². The highest BCUT2D eigenvalue weighted by Crippen LogP contribution is 2.49. The van der Waals surface area contributed by atoms with Gasteiger partial charge in [-0.25, -0.2) is 4.98 Å². The van der Waals surface area contributed by atoms with Gasteiger partial charge >= 0.3 is 0 Å². The summed E-state index contributed by atoms with van der Waals surface area (Å²) in [5.41, 5.74) is 18.3. The standard InChI is InChI=1S/C32H36N8O/c1-18(40-26(16-33)14-25-15-29(25)40)17-36-11-10-32(31-37-20(3)38-39-31)27-8-6-21(19(2)34)12-22(27)4-5-23-13-24(30(35)41)7-9-28(23)32/h6-9,12-13,25-26,29,36H,1-2,4-5,10-11,14-15,17,34H2,3H3,(H2,35,41)(H,37,38,39)/t25-,26?,29?,32?/m0/s1. The quantitative estimate of drug-likeness (QED) is 0.300. The van der Waals surface area contributed by atoms with Crippen molar-refractivity contribution in [1.82, 2.24) is 25.4 Å². The van der Waals surface area contributed by atoms with E-state index < -0.39 is 11.3 Å². The van der Waals surface area contributed by atoms with E-state index in [9.17, 15) is 10.1 Å². The molecule has 3 aliphatic rings. The molecule has 4 atom stereocenters. The third kappa shape index (κ3) is 4.58. The highest BCUT2D eigenvalue weighted by Gasteiger charge is 2.52. The van der Waals surface area contributed by atoms with Crippen LogP contribution in [0, 0.1) is 24.2 Å². The minimum absolute atomic E-state index is 0.0813. The summed E-state index contributed by atoms with van der Waals surface area (Å²) in [6.45, 7) is 11.4. The van der Waals surface area contributed by atoms with Crippen LogP contribution in [0.3, 0.4) is 0 Å². The number of amides is 1. The number of carbonyl (C=O) groups excluding carboxylic acids is 1. The number of hydrogen-bond acceptors (Lipinski definition) is 7. The van der Waals surface area contributed by atoms with Crippen LogP contribution in [0.4, 0.5) is 0 Å². The molecule has 3 aromatic rings. The Kier molecular flexibility index (Phi) is 6.66. The number of nitrogens with two attached hydrogens (primary N) is 2. The molecule has 1 saturated heterocycles. The number of benzene rings is 2. The van der Waals surface area contributed by atoms with Gasteiger partial charge in [-0.15, -0.1) is 0 Å². The van der Waals surface area contributed by atoms with Gasteiger partial charge in [0.15, 0.2) is 5.82 Å². The van der Waals surface area contributed by atoms with Crippen molar-refractivity contribution in [2.45, 2.75) is 56.5 Å². The number of nitrogens with zero attached hydrogens (tertiary/aromatic N) is 4. The van der Waals surface area contributed by atoms with E-state index in [1.165, 1.54) is 0 Å². The van der Waals surface area contributed by atoms with Crippen LogP contribution in [0.25, 0.3) is 5.70 Å². The second-order valence-electron chi connectivity index (χ2n) is 11.6. The number of H-pyrrole nitrogens is 1. The Morgan fingerprint density at radius 1 is 1.15 bits per heavy atom. The van der Waals surface area contributed by atoms with Gasteiger partial charge in [0.25, 0.3) is 0 Å². The molecular formula is C32H36N8O. The van der Waals surface area contributed by atoms with Gasteiger partial charge in [0.1, 0.15) is 11.9 Å². The fourth-order valence-corrected chi connectivity index (χ4v) is 6.98. The van der Waals surface area contributed by atoms with E-state index in [1.807, 2.05) is 25.1 Å². The van der Waals surface area contributed by atoms with Gasteiger partial charge in [-0.2, -0.15) is 10.4 Å². The zero-order chi connectivity index (χ0) is 28.9. The predicted molar refractivity (Wildman–Crippen MR) is 157 cm³/mol. The number of carbonyl (C=O) groups is 1. The van der Waals surface area contributed by atoms with Crippen LogP contribution in [-0.2, 0) is 18.3 Å². The van der Waals surface area contributed by atoms with Crippen molar-refractivity contribution in [3.05, 3.63) is 100 Å². The Labute approximate surface area is 240 Å². The fourth-order valence-electron chi connectivity index (χ4n) is 6.98. The molecule has 2 heterocycles. The Morgan fingerprint density at radius 2 is 1.83 bits per heavy atom. The Balaban J connectivity index is 1.39. The number of nitriles is 1. The average Bonchev–Trinajstić information content (AvgIpc) is 3.45. The first-order valence-electron chi connectivity index (χ1n) is 14.2. The number of aromatic nitrogens is 3. The number of primary amides is 1. The summed E-state index contributed by atoms with van der Waals surface area (Å²) in [5.74, 6) is 1.58. The molecule has 0 bridgehead atoms. The Morgan fingerprint density at radius 3 is 2.44 bits per heavy atom. The minimum Gasteiger partial charge on any atom is -0.399 e. The maximum atomic E-state index is 12.1. The van der Waals surface area contributed by atoms with E-state index in [0.717, 1.165) is 65.0 Å². The molecule has 0 radical (unpaired) electrons. The first-order chi connectivity index (χ1) is 19.7. The Bertz CT molecular complexity index is 1530. The van der Waals surface area contributed by atoms with Crippen molar-refractivity contribution >= 4 is 11.6 Å². The number of hydrogen-bond donors (Lipinski definition) is 4. The lowest BCUT2D eigenvalue weighted by molar-refractivity contribution is 0.1000. The molecule has 9 heteroatoms. The lowest BCUT2D eigenvalue weighted by Gasteiger charge is -2.35. The Hall–Kier alpha value is -4.42. The lowest BCUT2D eigenvalue weighted by Crippen LogP contribution is -2.38. The molecule has 2 aromatic carbocycles. The molecule has 0 spiro atoms. The van der Waals surface area contributed by atoms with Crippen molar-refractivity contribution < 1.29 is 4.79 Å². The van der Waals surface area contributed by atoms with E-state index in [4.69, 9.17) is 21.5 Å². The second kappa shape index (κ2) is 10.2. The maximum absolute atomic E-state index is 12.1. The monoisotopic (exact) mass is 548 g/mol. The molecule has 210 valence electrons. The first kappa shape index (κ1) is 26.8. The summed E-state index contributed by atoms with van der Waals surface area (Å²) in [6, 6.07) is 14.8. The van der Waals surface area contributed by atoms with Gasteiger partial charge in [-0.05, 0) is 97.5 Å². The second-order valence-corrected chi connectivity index (χ2v) is 11.6. The van der Waals surface area contributed by atoms with Gasteiger partial charge in [0, 0.05) is 29.5 Å². The van der Waals surface area contributed by atoms with E-state index in [-0.39, 0.29) is 6.04 Å². The van der Waals surface area contributed by atoms with E-state index in [2.05, 4.69) is 46.7 Å². The molecule has 1 aliphatic heterocycles. The van der Waals surface area contributed by atoms with Crippen molar-refractivity contribution in [2.24, 2.45) is 17.4 Å². The third-order valence-corrected chi connectivity index (χ3v) is 9.05. The summed E-state index contributed by atoms with van der Waals surface area (Å²) >= 11 is 0. The molecule has 6 N–H and O–H groups in total. The number of likely N-dealkylation sites (tertiary alicyclic amines) is 1. The van der Waals surface area contributed by atoms with Crippen molar-refractivity contribution in [3.8, 4) is 6.07 Å². The third-order valence-electron chi connectivity index (χ3n) is 9.05. The minimum atomic E-state index is -0.699. The van der Waals surface area contributed by atoms with Gasteiger partial charge < -0.3 is 21.7 Å². The van der Waals surface area contributed by atoms with Gasteiger partial charge in [0.2, 0.25) is 5.91 Å². The number of nitrogens with one attached hydrogen (secondary N) is 2. The van der Waals surface area contributed by atoms with Crippen molar-refractivity contribution in [1.29, 1.82) is 5.26 Å². The highest BCUT2D eigenvalue weighted by atomic mass is 16.1. The summed E-state index contributed by atoms with van der Waals surface area (Å²) in [5, 5.41) is 21.0. The molecule has 9 nitrogen and oxygen atoms in total. The molecule has 2 fully saturated rings. The summed E-state index contributed by atoms with van der Waals surface area (Å²) in [6.07, 6.45) is 4.23. The zero-order valence-electron chi connectivity index (χ0n) is 23.4. The summed E-state index contributed by atoms with van der Waals surface area (Å²) in [4.78, 5) is 19.2. The van der Waals surface area contributed by atoms with E-state index >= 15 is 0 Å². The van der Waals surface area contributed by atoms with Crippen LogP contribution < -0.4 is 16.8 Å². The number of aromatic amines is 1. The highest BCUT2D eigenvalue weighted by molar-refractivity contribution is 5.93. The number of piperidine rings is 1. The fraction of sp³-hybridized carbons (Fsp3) is 0.375. The van der Waals surface area contributed by atoms with Crippen LogP contribution >= 0.6 is 0 Å². The lowest BCUT2D eigenvalue weighted by atomic mass is 9.69. The number of aryl methyl sites for hydroxylation is 3. The zero-order valence-corrected chi connectivity index (χ0v) is 23.4. The molecule has 6 rings (SSSR count). The van der Waals surface area contributed by atoms with Crippen LogP contribution in [0.2, 0.25) is 0 Å². The van der Waals surface area contributed by atoms with Gasteiger partial charge in [-0.3, -0.25) is 9.89 Å². The topological polar surface area (TPSA) is 150 Å². The molecule has 3 unspecified atom stereocenters.